The minimum absolute atomic E-state index is 0.634. The Morgan fingerprint density at radius 2 is 0.517 bits per heavy atom. The highest BCUT2D eigenvalue weighted by Crippen LogP contribution is 2.75. The van der Waals surface area contributed by atoms with Crippen LogP contribution in [-0.2, 0) is 16.2 Å². The topological polar surface area (TPSA) is 41.9 Å². The lowest BCUT2D eigenvalue weighted by atomic mass is 9.54. The lowest BCUT2D eigenvalue weighted by molar-refractivity contribution is 0.669. The van der Waals surface area contributed by atoms with Crippen LogP contribution in [0, 0.1) is 0 Å². The second kappa shape index (κ2) is 9.74. The van der Waals surface area contributed by atoms with Crippen LogP contribution in [0.4, 0.5) is 17.1 Å². The Bertz CT molecular complexity index is 2830. The molecule has 0 radical (unpaired) electrons. The molecule has 58 heavy (non-hydrogen) atoms. The second-order valence-corrected chi connectivity index (χ2v) is 16.5. The molecule has 0 saturated carbocycles. The Kier molecular flexibility index (Phi) is 5.01. The van der Waals surface area contributed by atoms with Gasteiger partial charge in [-0.25, -0.2) is 0 Å². The predicted octanol–water partition coefficient (Wildman–Crippen LogP) is 11.4. The summed E-state index contributed by atoms with van der Waals surface area (Å²) in [6.07, 6.45) is 5.86. The van der Waals surface area contributed by atoms with E-state index in [-0.39, 0.29) is 0 Å². The van der Waals surface area contributed by atoms with Gasteiger partial charge >= 0.3 is 0 Å². The van der Waals surface area contributed by atoms with E-state index in [1.54, 1.807) is 0 Å². The average molecular weight is 735 g/mol. The number of aromatic nitrogens is 3. The minimum atomic E-state index is -0.634. The molecular weight excluding hydrogens is 705 g/mol. The molecule has 6 aliphatic rings. The minimum Gasteiger partial charge on any atom is -0.308 e. The van der Waals surface area contributed by atoms with Crippen LogP contribution < -0.4 is 4.90 Å². The molecule has 3 aliphatic carbocycles. The first-order valence-electron chi connectivity index (χ1n) is 20.2. The van der Waals surface area contributed by atoms with Crippen LogP contribution in [0.1, 0.15) is 66.8 Å². The average Bonchev–Trinajstić information content (AvgIpc) is 3.87. The highest BCUT2D eigenvalue weighted by atomic mass is 15.2. The number of rotatable bonds is 0. The smallest absolute Gasteiger partial charge is 0.0770 e. The number of hydrogen-bond donors (Lipinski definition) is 0. The Morgan fingerprint density at radius 1 is 0.259 bits per heavy atom. The van der Waals surface area contributed by atoms with Crippen molar-refractivity contribution in [3.8, 4) is 33.8 Å². The van der Waals surface area contributed by atoms with Crippen molar-refractivity contribution in [1.29, 1.82) is 0 Å². The molecule has 4 heteroatoms. The van der Waals surface area contributed by atoms with Crippen LogP contribution in [-0.4, -0.2) is 15.0 Å². The van der Waals surface area contributed by atoms with Crippen molar-refractivity contribution >= 4 is 17.1 Å². The lowest BCUT2D eigenvalue weighted by Crippen LogP contribution is -2.48. The number of fused-ring (bicyclic) bond motifs is 21. The molecule has 3 spiro atoms. The molecule has 0 unspecified atom stereocenters. The predicted molar refractivity (Wildman–Crippen MR) is 227 cm³/mol. The molecule has 15 rings (SSSR count). The fourth-order valence-electron chi connectivity index (χ4n) is 12.9. The van der Waals surface area contributed by atoms with Gasteiger partial charge in [0.25, 0.3) is 0 Å². The van der Waals surface area contributed by atoms with Gasteiger partial charge in [0.05, 0.1) is 50.4 Å². The van der Waals surface area contributed by atoms with Crippen LogP contribution in [0.2, 0.25) is 0 Å². The number of nitrogens with zero attached hydrogens (tertiary/aromatic N) is 4. The molecular formula is C54H30N4. The molecule has 0 fully saturated rings. The van der Waals surface area contributed by atoms with Gasteiger partial charge in [-0.1, -0.05) is 146 Å². The monoisotopic (exact) mass is 734 g/mol. The summed E-state index contributed by atoms with van der Waals surface area (Å²) < 4.78 is 0. The Morgan fingerprint density at radius 3 is 0.828 bits per heavy atom. The molecule has 266 valence electrons. The van der Waals surface area contributed by atoms with E-state index >= 15 is 0 Å². The first kappa shape index (κ1) is 29.8. The molecule has 0 N–H and O–H groups in total. The van der Waals surface area contributed by atoms with E-state index in [1.807, 2.05) is 18.6 Å². The molecule has 3 aromatic heterocycles. The van der Waals surface area contributed by atoms with E-state index in [0.717, 1.165) is 17.1 Å². The molecule has 0 bridgehead atoms. The summed E-state index contributed by atoms with van der Waals surface area (Å²) in [5.41, 5.74) is 23.9. The summed E-state index contributed by atoms with van der Waals surface area (Å²) in [5.74, 6) is 0. The van der Waals surface area contributed by atoms with Gasteiger partial charge < -0.3 is 4.90 Å². The highest BCUT2D eigenvalue weighted by Gasteiger charge is 2.63. The van der Waals surface area contributed by atoms with E-state index in [1.165, 1.54) is 101 Å². The first-order valence-corrected chi connectivity index (χ1v) is 20.2. The van der Waals surface area contributed by atoms with Crippen molar-refractivity contribution in [2.75, 3.05) is 4.90 Å². The van der Waals surface area contributed by atoms with Gasteiger partial charge in [0.1, 0.15) is 0 Å². The standard InChI is InChI=1S/C54H30N4/c1-4-16-34-31(13-1)46-37(25-10-28-55-46)52(34)40-19-7-21-42-49(40)58-50-41(52)20-8-22-43(50)54(36-18-6-3-15-33(36)48-39(54)27-12-30-57-48)45-24-9-23-44(51(45)58)53(42)35-17-5-2-14-32(35)47-38(53)26-11-29-56-47/h1-30H. The van der Waals surface area contributed by atoms with Gasteiger partial charge in [-0.05, 0) is 85.0 Å². The van der Waals surface area contributed by atoms with Crippen molar-refractivity contribution in [3.63, 3.8) is 0 Å². The van der Waals surface area contributed by atoms with Crippen LogP contribution in [0.15, 0.2) is 182 Å². The summed E-state index contributed by atoms with van der Waals surface area (Å²) in [6.45, 7) is 0. The van der Waals surface area contributed by atoms with Crippen molar-refractivity contribution < 1.29 is 0 Å². The largest absolute Gasteiger partial charge is 0.308 e. The number of anilines is 3. The molecule has 0 atom stereocenters. The van der Waals surface area contributed by atoms with Crippen LogP contribution in [0.5, 0.6) is 0 Å². The van der Waals surface area contributed by atoms with E-state index in [4.69, 9.17) is 15.0 Å². The Labute approximate surface area is 334 Å². The number of para-hydroxylation sites is 3. The lowest BCUT2D eigenvalue weighted by Gasteiger charge is -2.57. The van der Waals surface area contributed by atoms with E-state index in [0.29, 0.717) is 0 Å². The molecule has 6 aromatic carbocycles. The zero-order valence-electron chi connectivity index (χ0n) is 31.1. The van der Waals surface area contributed by atoms with Gasteiger partial charge in [-0.3, -0.25) is 15.0 Å². The number of pyridine rings is 3. The van der Waals surface area contributed by atoms with Gasteiger partial charge in [0.15, 0.2) is 0 Å². The Balaban J connectivity index is 1.23. The van der Waals surface area contributed by atoms with Crippen LogP contribution >= 0.6 is 0 Å². The van der Waals surface area contributed by atoms with Crippen molar-refractivity contribution in [2.24, 2.45) is 0 Å². The third-order valence-corrected chi connectivity index (χ3v) is 14.6. The molecule has 0 amide bonds. The van der Waals surface area contributed by atoms with Gasteiger partial charge in [0.2, 0.25) is 0 Å². The molecule has 4 nitrogen and oxygen atoms in total. The van der Waals surface area contributed by atoms with Crippen LogP contribution in [0.25, 0.3) is 33.8 Å². The first-order chi connectivity index (χ1) is 28.8. The summed E-state index contributed by atoms with van der Waals surface area (Å²) >= 11 is 0. The maximum Gasteiger partial charge on any atom is 0.0770 e. The second-order valence-electron chi connectivity index (χ2n) is 16.5. The summed E-state index contributed by atoms with van der Waals surface area (Å²) in [4.78, 5) is 18.2. The Hall–Kier alpha value is -7.43. The molecule has 0 saturated heterocycles. The third kappa shape index (κ3) is 2.84. The molecule has 9 aromatic rings. The van der Waals surface area contributed by atoms with Gasteiger partial charge in [-0.15, -0.1) is 0 Å². The molecule has 3 aliphatic heterocycles. The summed E-state index contributed by atoms with van der Waals surface area (Å²) in [5, 5.41) is 0. The zero-order chi connectivity index (χ0) is 37.5. The number of benzene rings is 6. The maximum atomic E-state index is 5.17. The zero-order valence-corrected chi connectivity index (χ0v) is 31.1. The van der Waals surface area contributed by atoms with Crippen molar-refractivity contribution in [1.82, 2.24) is 15.0 Å². The number of hydrogen-bond acceptors (Lipinski definition) is 4. The fraction of sp³-hybridized carbons (Fsp3) is 0.0556. The van der Waals surface area contributed by atoms with E-state index in [2.05, 4.69) is 169 Å². The summed E-state index contributed by atoms with van der Waals surface area (Å²) in [7, 11) is 0. The SMILES string of the molecule is c1ccc2c(c1)-c1ncccc1C21c2cccc3c2N2c4c1cccc4C1(c4ccccc4-c4ncccc41)c1cccc(c12)C31c2ccccc2-c2ncccc21. The third-order valence-electron chi connectivity index (χ3n) is 14.6. The normalized spacial score (nSPS) is 21.6. The summed E-state index contributed by atoms with van der Waals surface area (Å²) in [6, 6.07) is 61.8. The quantitative estimate of drug-likeness (QED) is 0.156. The van der Waals surface area contributed by atoms with Crippen molar-refractivity contribution in [2.45, 2.75) is 16.2 Å². The van der Waals surface area contributed by atoms with Gasteiger partial charge in [-0.2, -0.15) is 0 Å². The fourth-order valence-corrected chi connectivity index (χ4v) is 12.9. The maximum absolute atomic E-state index is 5.17. The van der Waals surface area contributed by atoms with Gasteiger partial charge in [0, 0.05) is 35.3 Å². The van der Waals surface area contributed by atoms with Crippen molar-refractivity contribution in [3.05, 3.63) is 249 Å². The molecule has 6 heterocycles. The van der Waals surface area contributed by atoms with Crippen LogP contribution in [0.3, 0.4) is 0 Å². The van der Waals surface area contributed by atoms with E-state index in [9.17, 15) is 0 Å². The van der Waals surface area contributed by atoms with E-state index < -0.39 is 16.2 Å². The highest BCUT2D eigenvalue weighted by molar-refractivity contribution is 6.07.